The van der Waals surface area contributed by atoms with E-state index in [4.69, 9.17) is 0 Å². The molecule has 1 atom stereocenters. The first-order valence-corrected chi connectivity index (χ1v) is 4.27. The molecule has 0 saturated carbocycles. The van der Waals surface area contributed by atoms with Crippen molar-refractivity contribution >= 4 is 5.95 Å². The molecule has 3 heteroatoms. The van der Waals surface area contributed by atoms with Crippen LogP contribution in [-0.4, -0.2) is 17.0 Å². The first-order chi connectivity index (χ1) is 5.77. The van der Waals surface area contributed by atoms with E-state index in [-0.39, 0.29) is 0 Å². The fourth-order valence-electron chi connectivity index (χ4n) is 0.957. The van der Waals surface area contributed by atoms with Gasteiger partial charge >= 0.3 is 0 Å². The lowest BCUT2D eigenvalue weighted by Crippen LogP contribution is -1.99. The van der Waals surface area contributed by atoms with Crippen LogP contribution in [-0.2, 0) is 0 Å². The Kier molecular flexibility index (Phi) is 3.02. The van der Waals surface area contributed by atoms with Gasteiger partial charge in [-0.2, -0.15) is 0 Å². The quantitative estimate of drug-likeness (QED) is 0.744. The van der Waals surface area contributed by atoms with Gasteiger partial charge in [0.1, 0.15) is 0 Å². The number of anilines is 1. The summed E-state index contributed by atoms with van der Waals surface area (Å²) >= 11 is 0. The van der Waals surface area contributed by atoms with Gasteiger partial charge in [-0.25, -0.2) is 9.97 Å². The van der Waals surface area contributed by atoms with Crippen LogP contribution >= 0.6 is 0 Å². The standard InChI is InChI=1S/C9H15N3/c1-4-7(2)8-5-11-9(10-3)12-6-8/h5-7H,4H2,1-3H3,(H,10,11,12). The molecule has 0 saturated heterocycles. The topological polar surface area (TPSA) is 37.8 Å². The van der Waals surface area contributed by atoms with E-state index in [0.717, 1.165) is 6.42 Å². The molecule has 1 aromatic rings. The number of hydrogen-bond donors (Lipinski definition) is 1. The minimum atomic E-state index is 0.552. The second-order valence-electron chi connectivity index (χ2n) is 2.90. The zero-order valence-corrected chi connectivity index (χ0v) is 7.83. The van der Waals surface area contributed by atoms with E-state index in [9.17, 15) is 0 Å². The second kappa shape index (κ2) is 4.04. The number of aromatic nitrogens is 2. The third kappa shape index (κ3) is 1.94. The molecule has 0 spiro atoms. The van der Waals surface area contributed by atoms with E-state index < -0.39 is 0 Å². The molecule has 1 unspecified atom stereocenters. The first-order valence-electron chi connectivity index (χ1n) is 4.27. The highest BCUT2D eigenvalue weighted by Crippen LogP contribution is 2.16. The molecule has 0 bridgehead atoms. The molecule has 0 aliphatic heterocycles. The number of hydrogen-bond acceptors (Lipinski definition) is 3. The Bertz CT molecular complexity index is 230. The molecule has 1 rings (SSSR count). The molecule has 0 aliphatic carbocycles. The van der Waals surface area contributed by atoms with Crippen molar-refractivity contribution in [3.05, 3.63) is 18.0 Å². The van der Waals surface area contributed by atoms with Crippen LogP contribution in [0.5, 0.6) is 0 Å². The lowest BCUT2D eigenvalue weighted by atomic mass is 10.0. The maximum absolute atomic E-state index is 4.14. The molecule has 0 fully saturated rings. The van der Waals surface area contributed by atoms with Gasteiger partial charge < -0.3 is 5.32 Å². The molecule has 3 nitrogen and oxygen atoms in total. The van der Waals surface area contributed by atoms with Crippen molar-refractivity contribution in [3.8, 4) is 0 Å². The molecule has 0 radical (unpaired) electrons. The van der Waals surface area contributed by atoms with E-state index in [1.54, 1.807) is 0 Å². The highest BCUT2D eigenvalue weighted by Gasteiger charge is 2.02. The first kappa shape index (κ1) is 8.97. The summed E-state index contributed by atoms with van der Waals surface area (Å²) in [5.74, 6) is 1.23. The van der Waals surface area contributed by atoms with Gasteiger partial charge in [0.2, 0.25) is 5.95 Å². The molecule has 1 heterocycles. The number of nitrogens with one attached hydrogen (secondary N) is 1. The van der Waals surface area contributed by atoms with Gasteiger partial charge in [0.05, 0.1) is 0 Å². The highest BCUT2D eigenvalue weighted by atomic mass is 15.1. The monoisotopic (exact) mass is 165 g/mol. The molecule has 1 aromatic heterocycles. The fourth-order valence-corrected chi connectivity index (χ4v) is 0.957. The third-order valence-corrected chi connectivity index (χ3v) is 2.08. The normalized spacial score (nSPS) is 12.6. The van der Waals surface area contributed by atoms with Gasteiger partial charge in [-0.05, 0) is 17.9 Å². The fraction of sp³-hybridized carbons (Fsp3) is 0.556. The summed E-state index contributed by atoms with van der Waals surface area (Å²) in [5.41, 5.74) is 1.21. The Hall–Kier alpha value is -1.12. The van der Waals surface area contributed by atoms with Gasteiger partial charge in [0, 0.05) is 19.4 Å². The van der Waals surface area contributed by atoms with Gasteiger partial charge in [-0.3, -0.25) is 0 Å². The van der Waals surface area contributed by atoms with Crippen LogP contribution in [0, 0.1) is 0 Å². The lowest BCUT2D eigenvalue weighted by Gasteiger charge is -2.07. The zero-order chi connectivity index (χ0) is 8.97. The van der Waals surface area contributed by atoms with Crippen LogP contribution in [0.3, 0.4) is 0 Å². The predicted octanol–water partition coefficient (Wildman–Crippen LogP) is 2.03. The molecule has 0 amide bonds. The van der Waals surface area contributed by atoms with E-state index in [0.29, 0.717) is 11.9 Å². The van der Waals surface area contributed by atoms with Crippen molar-refractivity contribution in [2.45, 2.75) is 26.2 Å². The van der Waals surface area contributed by atoms with Crippen LogP contribution in [0.4, 0.5) is 5.95 Å². The number of rotatable bonds is 3. The van der Waals surface area contributed by atoms with Crippen molar-refractivity contribution < 1.29 is 0 Å². The van der Waals surface area contributed by atoms with Gasteiger partial charge in [-0.15, -0.1) is 0 Å². The van der Waals surface area contributed by atoms with Crippen molar-refractivity contribution in [1.29, 1.82) is 0 Å². The van der Waals surface area contributed by atoms with Crippen molar-refractivity contribution in [1.82, 2.24) is 9.97 Å². The van der Waals surface area contributed by atoms with Crippen LogP contribution in [0.15, 0.2) is 12.4 Å². The maximum Gasteiger partial charge on any atom is 0.222 e. The van der Waals surface area contributed by atoms with Gasteiger partial charge in [0.25, 0.3) is 0 Å². The third-order valence-electron chi connectivity index (χ3n) is 2.08. The average molecular weight is 165 g/mol. The molecule has 1 N–H and O–H groups in total. The Labute approximate surface area is 73.2 Å². The second-order valence-corrected chi connectivity index (χ2v) is 2.90. The Morgan fingerprint density at radius 3 is 2.42 bits per heavy atom. The Morgan fingerprint density at radius 1 is 1.42 bits per heavy atom. The zero-order valence-electron chi connectivity index (χ0n) is 7.83. The van der Waals surface area contributed by atoms with Crippen LogP contribution < -0.4 is 5.32 Å². The van der Waals surface area contributed by atoms with Gasteiger partial charge in [-0.1, -0.05) is 13.8 Å². The Morgan fingerprint density at radius 2 is 2.00 bits per heavy atom. The summed E-state index contributed by atoms with van der Waals surface area (Å²) in [4.78, 5) is 8.29. The van der Waals surface area contributed by atoms with E-state index >= 15 is 0 Å². The molecule has 0 aromatic carbocycles. The van der Waals surface area contributed by atoms with E-state index in [1.807, 2.05) is 19.4 Å². The smallest absolute Gasteiger partial charge is 0.222 e. The minimum Gasteiger partial charge on any atom is -0.357 e. The molecule has 12 heavy (non-hydrogen) atoms. The Balaban J connectivity index is 2.77. The lowest BCUT2D eigenvalue weighted by molar-refractivity contribution is 0.725. The summed E-state index contributed by atoms with van der Waals surface area (Å²) in [5, 5.41) is 2.89. The van der Waals surface area contributed by atoms with E-state index in [1.165, 1.54) is 5.56 Å². The molecular weight excluding hydrogens is 150 g/mol. The van der Waals surface area contributed by atoms with Crippen molar-refractivity contribution in [3.63, 3.8) is 0 Å². The summed E-state index contributed by atoms with van der Waals surface area (Å²) in [6.07, 6.45) is 4.89. The summed E-state index contributed by atoms with van der Waals surface area (Å²) in [7, 11) is 1.82. The summed E-state index contributed by atoms with van der Waals surface area (Å²) in [6, 6.07) is 0. The van der Waals surface area contributed by atoms with Crippen molar-refractivity contribution in [2.24, 2.45) is 0 Å². The highest BCUT2D eigenvalue weighted by molar-refractivity contribution is 5.24. The maximum atomic E-state index is 4.14. The minimum absolute atomic E-state index is 0.552. The molecule has 0 aliphatic rings. The molecule has 66 valence electrons. The van der Waals surface area contributed by atoms with Crippen LogP contribution in [0.1, 0.15) is 31.7 Å². The molecular formula is C9H15N3. The van der Waals surface area contributed by atoms with Crippen LogP contribution in [0.2, 0.25) is 0 Å². The summed E-state index contributed by atoms with van der Waals surface area (Å²) in [6.45, 7) is 4.34. The van der Waals surface area contributed by atoms with E-state index in [2.05, 4.69) is 29.1 Å². The SMILES string of the molecule is CCC(C)c1cnc(NC)nc1. The average Bonchev–Trinajstić information content (AvgIpc) is 2.17. The summed E-state index contributed by atoms with van der Waals surface area (Å²) < 4.78 is 0. The largest absolute Gasteiger partial charge is 0.357 e. The number of nitrogens with zero attached hydrogens (tertiary/aromatic N) is 2. The van der Waals surface area contributed by atoms with Crippen LogP contribution in [0.25, 0.3) is 0 Å². The predicted molar refractivity (Wildman–Crippen MR) is 50.3 cm³/mol. The van der Waals surface area contributed by atoms with Crippen molar-refractivity contribution in [2.75, 3.05) is 12.4 Å². The van der Waals surface area contributed by atoms with Gasteiger partial charge in [0.15, 0.2) is 0 Å².